The number of piperazine rings is 1. The Kier molecular flexibility index (Phi) is 9.69. The lowest BCUT2D eigenvalue weighted by Gasteiger charge is -2.41. The highest BCUT2D eigenvalue weighted by Crippen LogP contribution is 2.16. The maximum atomic E-state index is 13.4. The van der Waals surface area contributed by atoms with Crippen molar-refractivity contribution in [3.8, 4) is 0 Å². The van der Waals surface area contributed by atoms with Crippen molar-refractivity contribution in [2.45, 2.75) is 45.0 Å². The molecular weight excluding hydrogens is 508 g/mol. The third-order valence-electron chi connectivity index (χ3n) is 6.83. The lowest BCUT2D eigenvalue weighted by molar-refractivity contribution is -0.144. The number of carbonyl (C=O) groups excluding carboxylic acids is 3. The van der Waals surface area contributed by atoms with Crippen LogP contribution in [0.1, 0.15) is 28.8 Å². The van der Waals surface area contributed by atoms with Crippen molar-refractivity contribution < 1.29 is 19.1 Å². The molecule has 0 spiro atoms. The number of nitrogens with two attached hydrogens (primary N) is 2. The number of benzene rings is 2. The van der Waals surface area contributed by atoms with Crippen LogP contribution in [0.3, 0.4) is 0 Å². The monoisotopic (exact) mass is 544 g/mol. The predicted molar refractivity (Wildman–Crippen MR) is 152 cm³/mol. The summed E-state index contributed by atoms with van der Waals surface area (Å²) >= 11 is 0. The van der Waals surface area contributed by atoms with E-state index >= 15 is 0 Å². The zero-order valence-electron chi connectivity index (χ0n) is 22.7. The maximum absolute atomic E-state index is 13.4. The Balaban J connectivity index is 1.43. The highest BCUT2D eigenvalue weighted by molar-refractivity contribution is 5.90. The summed E-state index contributed by atoms with van der Waals surface area (Å²) in [5.74, 6) is -0.356. The molecule has 5 N–H and O–H groups in total. The van der Waals surface area contributed by atoms with Crippen LogP contribution in [0.25, 0.3) is 0 Å². The number of rotatable bonds is 9. The minimum Gasteiger partial charge on any atom is -0.445 e. The van der Waals surface area contributed by atoms with Gasteiger partial charge in [-0.2, -0.15) is 0 Å². The summed E-state index contributed by atoms with van der Waals surface area (Å²) < 4.78 is 5.49. The molecule has 2 aromatic carbocycles. The van der Waals surface area contributed by atoms with Gasteiger partial charge in [0.25, 0.3) is 0 Å². The minimum absolute atomic E-state index is 0.00584. The Morgan fingerprint density at radius 3 is 2.35 bits per heavy atom. The number of pyridine rings is 1. The summed E-state index contributed by atoms with van der Waals surface area (Å²) in [4.78, 5) is 46.9. The first-order valence-corrected chi connectivity index (χ1v) is 13.4. The molecule has 0 unspecified atom stereocenters. The fourth-order valence-electron chi connectivity index (χ4n) is 4.73. The molecule has 10 nitrogen and oxygen atoms in total. The van der Waals surface area contributed by atoms with E-state index in [0.29, 0.717) is 18.7 Å². The van der Waals surface area contributed by atoms with Gasteiger partial charge in [0.15, 0.2) is 0 Å². The Morgan fingerprint density at radius 2 is 1.68 bits per heavy atom. The van der Waals surface area contributed by atoms with Gasteiger partial charge in [0.2, 0.25) is 11.8 Å². The van der Waals surface area contributed by atoms with Crippen molar-refractivity contribution in [3.63, 3.8) is 0 Å². The summed E-state index contributed by atoms with van der Waals surface area (Å²) in [6.45, 7) is 2.52. The second kappa shape index (κ2) is 13.6. The van der Waals surface area contributed by atoms with Crippen LogP contribution in [-0.2, 0) is 33.9 Å². The van der Waals surface area contributed by atoms with E-state index < -0.39 is 24.1 Å². The topological polar surface area (TPSA) is 144 Å². The molecule has 0 saturated carbocycles. The van der Waals surface area contributed by atoms with Crippen molar-refractivity contribution in [2.24, 2.45) is 5.73 Å². The number of nitrogens with zero attached hydrogens (tertiary/aromatic N) is 3. The van der Waals surface area contributed by atoms with Crippen molar-refractivity contribution in [3.05, 3.63) is 95.2 Å². The quantitative estimate of drug-likeness (QED) is 0.375. The van der Waals surface area contributed by atoms with E-state index in [-0.39, 0.29) is 38.7 Å². The smallest absolute Gasteiger partial charge is 0.410 e. The first-order valence-electron chi connectivity index (χ1n) is 13.4. The molecule has 4 rings (SSSR count). The lowest BCUT2D eigenvalue weighted by Crippen LogP contribution is -2.63. The fourth-order valence-corrected chi connectivity index (χ4v) is 4.73. The molecule has 10 heteroatoms. The standard InChI is InChI=1S/C30H36N6O4/c1-21-16-24(17-27(32)34-21)18-33-28(37)26-19-35(30(39)40-20-23-10-6-3-7-11-23)14-15-36(26)29(38)25(31)13-12-22-8-4-2-5-9-22/h2-11,16-17,25-26H,12-15,18-20,31H2,1H3,(H2,32,34)(H,33,37)/t25-,26+/m1/s1. The van der Waals surface area contributed by atoms with E-state index in [2.05, 4.69) is 10.3 Å². The molecule has 1 fully saturated rings. The predicted octanol–water partition coefficient (Wildman–Crippen LogP) is 2.40. The highest BCUT2D eigenvalue weighted by Gasteiger charge is 2.39. The van der Waals surface area contributed by atoms with E-state index in [1.165, 1.54) is 9.80 Å². The molecule has 1 saturated heterocycles. The van der Waals surface area contributed by atoms with E-state index in [1.54, 1.807) is 6.07 Å². The number of aromatic nitrogens is 1. The van der Waals surface area contributed by atoms with Gasteiger partial charge >= 0.3 is 6.09 Å². The molecule has 210 valence electrons. The van der Waals surface area contributed by atoms with Gasteiger partial charge in [-0.1, -0.05) is 60.7 Å². The van der Waals surface area contributed by atoms with Gasteiger partial charge in [0.1, 0.15) is 18.5 Å². The Bertz CT molecular complexity index is 1280. The first kappa shape index (κ1) is 28.6. The summed E-state index contributed by atoms with van der Waals surface area (Å²) in [5.41, 5.74) is 15.6. The third kappa shape index (κ3) is 7.79. The summed E-state index contributed by atoms with van der Waals surface area (Å²) in [6.07, 6.45) is 0.533. The molecule has 0 radical (unpaired) electrons. The summed E-state index contributed by atoms with van der Waals surface area (Å²) in [5, 5.41) is 2.89. The SMILES string of the molecule is Cc1cc(CNC(=O)[C@@H]2CN(C(=O)OCc3ccccc3)CCN2C(=O)[C@H](N)CCc2ccccc2)cc(N)n1. The van der Waals surface area contributed by atoms with Gasteiger partial charge in [0, 0.05) is 25.3 Å². The molecule has 2 heterocycles. The fraction of sp³-hybridized carbons (Fsp3) is 0.333. The van der Waals surface area contributed by atoms with Crippen molar-refractivity contribution in [1.29, 1.82) is 0 Å². The van der Waals surface area contributed by atoms with Crippen LogP contribution >= 0.6 is 0 Å². The van der Waals surface area contributed by atoms with Gasteiger partial charge in [0.05, 0.1) is 12.6 Å². The lowest BCUT2D eigenvalue weighted by atomic mass is 10.0. The third-order valence-corrected chi connectivity index (χ3v) is 6.83. The van der Waals surface area contributed by atoms with Crippen LogP contribution < -0.4 is 16.8 Å². The zero-order valence-corrected chi connectivity index (χ0v) is 22.7. The van der Waals surface area contributed by atoms with E-state index in [4.69, 9.17) is 16.2 Å². The van der Waals surface area contributed by atoms with Gasteiger partial charge in [-0.05, 0) is 48.6 Å². The summed E-state index contributed by atoms with van der Waals surface area (Å²) in [7, 11) is 0. The molecule has 1 aliphatic heterocycles. The number of carbonyl (C=O) groups is 3. The van der Waals surface area contributed by atoms with E-state index in [0.717, 1.165) is 22.4 Å². The van der Waals surface area contributed by atoms with E-state index in [1.807, 2.05) is 73.7 Å². The number of ether oxygens (including phenoxy) is 1. The van der Waals surface area contributed by atoms with Gasteiger partial charge in [-0.25, -0.2) is 9.78 Å². The highest BCUT2D eigenvalue weighted by atomic mass is 16.6. The maximum Gasteiger partial charge on any atom is 0.410 e. The van der Waals surface area contributed by atoms with Crippen LogP contribution in [0.2, 0.25) is 0 Å². The number of nitrogen functional groups attached to an aromatic ring is 1. The minimum atomic E-state index is -0.923. The van der Waals surface area contributed by atoms with E-state index in [9.17, 15) is 14.4 Å². The number of amides is 3. The Hall–Kier alpha value is -4.44. The van der Waals surface area contributed by atoms with Crippen LogP contribution in [0.4, 0.5) is 10.6 Å². The number of nitrogens with one attached hydrogen (secondary N) is 1. The number of aryl methyl sites for hydroxylation is 2. The normalized spacial score (nSPS) is 15.8. The Morgan fingerprint density at radius 1 is 1.00 bits per heavy atom. The molecule has 0 aliphatic carbocycles. The molecule has 1 aliphatic rings. The first-order chi connectivity index (χ1) is 19.3. The summed E-state index contributed by atoms with van der Waals surface area (Å²) in [6, 6.07) is 20.9. The van der Waals surface area contributed by atoms with Gasteiger partial charge in [-0.3, -0.25) is 9.59 Å². The zero-order chi connectivity index (χ0) is 28.5. The number of hydrogen-bond acceptors (Lipinski definition) is 7. The average molecular weight is 545 g/mol. The van der Waals surface area contributed by atoms with Crippen LogP contribution in [0.15, 0.2) is 72.8 Å². The molecule has 1 aromatic heterocycles. The number of anilines is 1. The molecule has 3 aromatic rings. The van der Waals surface area contributed by atoms with Crippen molar-refractivity contribution in [2.75, 3.05) is 25.4 Å². The largest absolute Gasteiger partial charge is 0.445 e. The molecule has 2 atom stereocenters. The van der Waals surface area contributed by atoms with Crippen LogP contribution in [-0.4, -0.2) is 64.4 Å². The average Bonchev–Trinajstić information content (AvgIpc) is 2.97. The van der Waals surface area contributed by atoms with Crippen molar-refractivity contribution >= 4 is 23.7 Å². The number of hydrogen-bond donors (Lipinski definition) is 3. The van der Waals surface area contributed by atoms with Crippen molar-refractivity contribution in [1.82, 2.24) is 20.1 Å². The molecule has 0 bridgehead atoms. The van der Waals surface area contributed by atoms with Gasteiger partial charge in [-0.15, -0.1) is 0 Å². The molecular formula is C30H36N6O4. The second-order valence-corrected chi connectivity index (χ2v) is 9.92. The molecule has 3 amide bonds. The van der Waals surface area contributed by atoms with Crippen LogP contribution in [0, 0.1) is 6.92 Å². The van der Waals surface area contributed by atoms with Crippen LogP contribution in [0.5, 0.6) is 0 Å². The second-order valence-electron chi connectivity index (χ2n) is 9.92. The van der Waals surface area contributed by atoms with Gasteiger partial charge < -0.3 is 31.3 Å². The molecule has 40 heavy (non-hydrogen) atoms. The Labute approximate surface area is 234 Å².